The fourth-order valence-electron chi connectivity index (χ4n) is 5.08. The molecule has 1 aromatic rings. The number of para-hydroxylation sites is 1. The SMILES string of the molecule is COc1ccccc1CN1C(=O)[C@@H]2[C@H](C1=O)[C@@H]1O[C@H]2C2CCC21. The highest BCUT2D eigenvalue weighted by Crippen LogP contribution is 2.60. The maximum Gasteiger partial charge on any atom is 0.236 e. The normalized spacial score (nSPS) is 40.1. The Morgan fingerprint density at radius 3 is 2.26 bits per heavy atom. The van der Waals surface area contributed by atoms with Crippen molar-refractivity contribution in [2.45, 2.75) is 31.6 Å². The molecule has 5 heteroatoms. The molecule has 120 valence electrons. The van der Waals surface area contributed by atoms with Crippen LogP contribution in [0.4, 0.5) is 0 Å². The minimum atomic E-state index is -0.247. The highest BCUT2D eigenvalue weighted by molar-refractivity contribution is 6.06. The van der Waals surface area contributed by atoms with E-state index >= 15 is 0 Å². The van der Waals surface area contributed by atoms with Crippen LogP contribution in [0.2, 0.25) is 0 Å². The Hall–Kier alpha value is -1.88. The molecule has 5 nitrogen and oxygen atoms in total. The third-order valence-corrected chi connectivity index (χ3v) is 6.26. The van der Waals surface area contributed by atoms with Crippen LogP contribution in [-0.2, 0) is 20.9 Å². The molecule has 3 aliphatic heterocycles. The topological polar surface area (TPSA) is 55.8 Å². The third kappa shape index (κ3) is 1.61. The van der Waals surface area contributed by atoms with E-state index < -0.39 is 0 Å². The standard InChI is InChI=1S/C18H19NO4/c1-22-12-5-3-2-4-9(12)8-19-17(20)13-14(18(19)21)16-11-7-6-10(11)15(13)23-16/h2-5,10-11,13-16H,6-8H2,1H3/t10?,11?,13-,14+,15+,16-. The van der Waals surface area contributed by atoms with E-state index in [4.69, 9.17) is 9.47 Å². The summed E-state index contributed by atoms with van der Waals surface area (Å²) >= 11 is 0. The molecule has 4 fully saturated rings. The smallest absolute Gasteiger partial charge is 0.236 e. The Balaban J connectivity index is 1.45. The highest BCUT2D eigenvalue weighted by atomic mass is 16.5. The molecule has 2 amide bonds. The third-order valence-electron chi connectivity index (χ3n) is 6.26. The highest BCUT2D eigenvalue weighted by Gasteiger charge is 2.70. The largest absolute Gasteiger partial charge is 0.496 e. The van der Waals surface area contributed by atoms with Gasteiger partial charge in [-0.05, 0) is 30.7 Å². The van der Waals surface area contributed by atoms with Gasteiger partial charge in [0.05, 0.1) is 37.7 Å². The van der Waals surface area contributed by atoms with Crippen molar-refractivity contribution in [3.63, 3.8) is 0 Å². The first kappa shape index (κ1) is 13.5. The first-order chi connectivity index (χ1) is 11.2. The van der Waals surface area contributed by atoms with Crippen molar-refractivity contribution in [1.29, 1.82) is 0 Å². The summed E-state index contributed by atoms with van der Waals surface area (Å²) in [6, 6.07) is 7.55. The van der Waals surface area contributed by atoms with Crippen molar-refractivity contribution in [3.05, 3.63) is 29.8 Å². The number of benzene rings is 1. The molecule has 0 radical (unpaired) electrons. The monoisotopic (exact) mass is 313 g/mol. The van der Waals surface area contributed by atoms with Crippen molar-refractivity contribution in [2.24, 2.45) is 23.7 Å². The average molecular weight is 313 g/mol. The molecule has 0 aromatic heterocycles. The number of fused-ring (bicyclic) bond motifs is 8. The second-order valence-electron chi connectivity index (χ2n) is 7.10. The first-order valence-corrected chi connectivity index (χ1v) is 8.33. The second kappa shape index (κ2) is 4.57. The number of likely N-dealkylation sites (tertiary alicyclic amines) is 1. The van der Waals surface area contributed by atoms with Crippen molar-refractivity contribution >= 4 is 11.8 Å². The summed E-state index contributed by atoms with van der Waals surface area (Å²) in [6.07, 6.45) is 2.23. The number of methoxy groups -OCH3 is 1. The van der Waals surface area contributed by atoms with E-state index in [2.05, 4.69) is 0 Å². The number of amides is 2. The summed E-state index contributed by atoms with van der Waals surface area (Å²) < 4.78 is 11.4. The van der Waals surface area contributed by atoms with Gasteiger partial charge in [-0.2, -0.15) is 0 Å². The first-order valence-electron chi connectivity index (χ1n) is 8.33. The number of ether oxygens (including phenoxy) is 2. The maximum atomic E-state index is 12.9. The minimum Gasteiger partial charge on any atom is -0.496 e. The van der Waals surface area contributed by atoms with Gasteiger partial charge in [-0.1, -0.05) is 18.2 Å². The van der Waals surface area contributed by atoms with Gasteiger partial charge >= 0.3 is 0 Å². The second-order valence-corrected chi connectivity index (χ2v) is 7.10. The molecule has 3 heterocycles. The molecule has 1 aliphatic carbocycles. The summed E-state index contributed by atoms with van der Waals surface area (Å²) in [5, 5.41) is 0. The molecule has 3 saturated heterocycles. The predicted octanol–water partition coefficient (Wildman–Crippen LogP) is 1.60. The van der Waals surface area contributed by atoms with E-state index in [0.717, 1.165) is 18.4 Å². The van der Waals surface area contributed by atoms with E-state index in [1.165, 1.54) is 4.90 Å². The van der Waals surface area contributed by atoms with Crippen LogP contribution in [0.5, 0.6) is 5.75 Å². The van der Waals surface area contributed by atoms with Gasteiger partial charge in [-0.3, -0.25) is 14.5 Å². The van der Waals surface area contributed by atoms with E-state index in [0.29, 0.717) is 24.1 Å². The molecule has 2 unspecified atom stereocenters. The molecule has 5 rings (SSSR count). The van der Waals surface area contributed by atoms with E-state index in [1.54, 1.807) is 7.11 Å². The van der Waals surface area contributed by atoms with E-state index in [9.17, 15) is 9.59 Å². The van der Waals surface area contributed by atoms with Gasteiger partial charge in [-0.25, -0.2) is 0 Å². The molecule has 4 aliphatic rings. The van der Waals surface area contributed by atoms with Gasteiger partial charge in [0.2, 0.25) is 11.8 Å². The molecule has 2 bridgehead atoms. The van der Waals surface area contributed by atoms with Gasteiger partial charge in [0, 0.05) is 5.56 Å². The van der Waals surface area contributed by atoms with Crippen LogP contribution < -0.4 is 4.74 Å². The molecule has 6 atom stereocenters. The van der Waals surface area contributed by atoms with Crippen LogP contribution in [0.25, 0.3) is 0 Å². The Morgan fingerprint density at radius 1 is 1.09 bits per heavy atom. The lowest BCUT2D eigenvalue weighted by atomic mass is 9.60. The van der Waals surface area contributed by atoms with Gasteiger partial charge in [0.25, 0.3) is 0 Å². The van der Waals surface area contributed by atoms with Crippen LogP contribution in [0, 0.1) is 23.7 Å². The molecular formula is C18H19NO4. The molecule has 0 spiro atoms. The fraction of sp³-hybridized carbons (Fsp3) is 0.556. The van der Waals surface area contributed by atoms with Gasteiger partial charge in [-0.15, -0.1) is 0 Å². The van der Waals surface area contributed by atoms with Gasteiger partial charge < -0.3 is 9.47 Å². The lowest BCUT2D eigenvalue weighted by Crippen LogP contribution is -2.46. The summed E-state index contributed by atoms with van der Waals surface area (Å²) in [5.74, 6) is 1.12. The predicted molar refractivity (Wildman–Crippen MR) is 80.4 cm³/mol. The number of carbonyl (C=O) groups is 2. The molecular weight excluding hydrogens is 294 g/mol. The lowest BCUT2D eigenvalue weighted by Gasteiger charge is -2.40. The summed E-state index contributed by atoms with van der Waals surface area (Å²) in [5.41, 5.74) is 0.868. The Bertz CT molecular complexity index is 668. The van der Waals surface area contributed by atoms with E-state index in [1.807, 2.05) is 24.3 Å². The van der Waals surface area contributed by atoms with Crippen molar-refractivity contribution in [3.8, 4) is 5.75 Å². The van der Waals surface area contributed by atoms with Crippen molar-refractivity contribution < 1.29 is 19.1 Å². The number of imide groups is 1. The zero-order valence-corrected chi connectivity index (χ0v) is 13.0. The quantitative estimate of drug-likeness (QED) is 0.796. The number of hydrogen-bond donors (Lipinski definition) is 0. The molecule has 23 heavy (non-hydrogen) atoms. The zero-order chi connectivity index (χ0) is 15.7. The maximum absolute atomic E-state index is 12.9. The Kier molecular flexibility index (Phi) is 2.69. The fourth-order valence-corrected chi connectivity index (χ4v) is 5.08. The zero-order valence-electron chi connectivity index (χ0n) is 13.0. The summed E-state index contributed by atoms with van der Waals surface area (Å²) in [7, 11) is 1.60. The van der Waals surface area contributed by atoms with Gasteiger partial charge in [0.1, 0.15) is 5.75 Å². The van der Waals surface area contributed by atoms with Crippen LogP contribution in [-0.4, -0.2) is 36.0 Å². The molecule has 1 aromatic carbocycles. The minimum absolute atomic E-state index is 0.0251. The van der Waals surface area contributed by atoms with Crippen LogP contribution in [0.3, 0.4) is 0 Å². The van der Waals surface area contributed by atoms with Crippen LogP contribution in [0.1, 0.15) is 18.4 Å². The summed E-state index contributed by atoms with van der Waals surface area (Å²) in [4.78, 5) is 27.1. The molecule has 0 N–H and O–H groups in total. The Labute approximate surface area is 134 Å². The lowest BCUT2D eigenvalue weighted by molar-refractivity contribution is -0.143. The van der Waals surface area contributed by atoms with Crippen molar-refractivity contribution in [2.75, 3.05) is 7.11 Å². The average Bonchev–Trinajstić information content (AvgIpc) is 3.08. The van der Waals surface area contributed by atoms with Crippen LogP contribution >= 0.6 is 0 Å². The van der Waals surface area contributed by atoms with Crippen molar-refractivity contribution in [1.82, 2.24) is 4.90 Å². The van der Waals surface area contributed by atoms with Crippen LogP contribution in [0.15, 0.2) is 24.3 Å². The Morgan fingerprint density at radius 2 is 1.70 bits per heavy atom. The van der Waals surface area contributed by atoms with Gasteiger partial charge in [0.15, 0.2) is 0 Å². The number of nitrogens with zero attached hydrogens (tertiary/aromatic N) is 1. The number of hydrogen-bond acceptors (Lipinski definition) is 4. The van der Waals surface area contributed by atoms with E-state index in [-0.39, 0.29) is 35.9 Å². The molecule has 1 saturated carbocycles. The summed E-state index contributed by atoms with van der Waals surface area (Å²) in [6.45, 7) is 0.295. The number of carbonyl (C=O) groups excluding carboxylic acids is 2. The number of rotatable bonds is 3.